The van der Waals surface area contributed by atoms with E-state index in [0.717, 1.165) is 56.6 Å². The molecule has 0 radical (unpaired) electrons. The number of rotatable bonds is 4. The third kappa shape index (κ3) is 4.90. The van der Waals surface area contributed by atoms with Gasteiger partial charge in [-0.1, -0.05) is 88.4 Å². The van der Waals surface area contributed by atoms with Gasteiger partial charge < -0.3 is 14.1 Å². The molecule has 4 fully saturated rings. The van der Waals surface area contributed by atoms with Gasteiger partial charge in [0.05, 0.1) is 0 Å². The maximum Gasteiger partial charge on any atom is 0.135 e. The average Bonchev–Trinajstić information content (AvgIpc) is 3.59. The molecule has 0 saturated heterocycles. The van der Waals surface area contributed by atoms with Crippen LogP contribution >= 0.6 is 0 Å². The van der Waals surface area contributed by atoms with Gasteiger partial charge in [0.2, 0.25) is 0 Å². The number of hydrogen-bond donors (Lipinski definition) is 0. The van der Waals surface area contributed by atoms with Gasteiger partial charge in [0.25, 0.3) is 0 Å². The Morgan fingerprint density at radius 3 is 1.88 bits per heavy atom. The van der Waals surface area contributed by atoms with Crippen molar-refractivity contribution in [3.05, 3.63) is 150 Å². The topological polar surface area (TPSA) is 25.6 Å². The maximum atomic E-state index is 6.75. The fourth-order valence-electron chi connectivity index (χ4n) is 12.9. The van der Waals surface area contributed by atoms with Crippen LogP contribution in [0.25, 0.3) is 33.1 Å². The van der Waals surface area contributed by atoms with Crippen LogP contribution < -0.4 is 9.64 Å². The zero-order valence-electron chi connectivity index (χ0n) is 33.6. The molecular formula is C54H51NO2. The van der Waals surface area contributed by atoms with E-state index in [2.05, 4.69) is 154 Å². The van der Waals surface area contributed by atoms with E-state index < -0.39 is 0 Å². The molecular weight excluding hydrogens is 695 g/mol. The van der Waals surface area contributed by atoms with Crippen molar-refractivity contribution in [3.63, 3.8) is 0 Å². The molecule has 3 nitrogen and oxygen atoms in total. The SMILES string of the molecule is CC1(C)CCC(C)(C)c2cc(N(c3ccc(-c4ccc5c(c4)C4(c6ccccc6O5)C5CC6CC(C5)CC4C6)cc3)c3ccc4oc5ccccc5c4c3)ccc21. The highest BCUT2D eigenvalue weighted by molar-refractivity contribution is 6.06. The van der Waals surface area contributed by atoms with E-state index in [1.54, 1.807) is 0 Å². The summed E-state index contributed by atoms with van der Waals surface area (Å²) in [6.07, 6.45) is 9.25. The lowest BCUT2D eigenvalue weighted by molar-refractivity contribution is -0.0452. The smallest absolute Gasteiger partial charge is 0.135 e. The molecule has 6 aliphatic rings. The second-order valence-electron chi connectivity index (χ2n) is 19.6. The molecule has 0 unspecified atom stereocenters. The van der Waals surface area contributed by atoms with Crippen LogP contribution in [0, 0.1) is 23.7 Å². The summed E-state index contributed by atoms with van der Waals surface area (Å²) >= 11 is 0. The number of nitrogens with zero attached hydrogens (tertiary/aromatic N) is 1. The fraction of sp³-hybridized carbons (Fsp3) is 0.333. The van der Waals surface area contributed by atoms with E-state index in [9.17, 15) is 0 Å². The van der Waals surface area contributed by atoms with Crippen molar-refractivity contribution < 1.29 is 9.15 Å². The van der Waals surface area contributed by atoms with Gasteiger partial charge in [-0.3, -0.25) is 0 Å². The van der Waals surface area contributed by atoms with E-state index in [0.29, 0.717) is 11.8 Å². The van der Waals surface area contributed by atoms with Gasteiger partial charge in [-0.25, -0.2) is 0 Å². The van der Waals surface area contributed by atoms with Gasteiger partial charge in [-0.2, -0.15) is 0 Å². The number of benzene rings is 6. The molecule has 57 heavy (non-hydrogen) atoms. The molecule has 3 heteroatoms. The Morgan fingerprint density at radius 2 is 1.09 bits per heavy atom. The Morgan fingerprint density at radius 1 is 0.474 bits per heavy atom. The van der Waals surface area contributed by atoms with Gasteiger partial charge in [0, 0.05) is 44.4 Å². The van der Waals surface area contributed by atoms with Crippen LogP contribution in [0.4, 0.5) is 17.1 Å². The number of hydrogen-bond acceptors (Lipinski definition) is 3. The lowest BCUT2D eigenvalue weighted by Crippen LogP contribution is -2.56. The number of fused-ring (bicyclic) bond motifs is 6. The standard InChI is InChI=1S/C54H51NO2/c1-52(2)23-24-53(3,4)46-32-41(18-20-44(46)52)55(40-19-22-49-43(31-40)42-9-5-7-11-48(42)56-49)39-16-13-35(14-17-39)36-15-21-51-47(30-36)54(45-10-6-8-12-50(45)57-51)37-26-33-25-34(28-37)29-38(54)27-33/h5-22,30-34,37-38H,23-29H2,1-4H3. The molecule has 4 saturated carbocycles. The molecule has 1 aromatic heterocycles. The minimum absolute atomic E-state index is 0.0367. The highest BCUT2D eigenvalue weighted by Gasteiger charge is 2.61. The van der Waals surface area contributed by atoms with Crippen molar-refractivity contribution in [2.75, 3.05) is 4.90 Å². The molecule has 6 aromatic carbocycles. The van der Waals surface area contributed by atoms with Crippen LogP contribution in [0.5, 0.6) is 11.5 Å². The number of ether oxygens (including phenoxy) is 1. The maximum absolute atomic E-state index is 6.75. The number of furan rings is 1. The molecule has 0 atom stereocenters. The first-order chi connectivity index (χ1) is 27.7. The lowest BCUT2D eigenvalue weighted by atomic mass is 9.41. The number of anilines is 3. The van der Waals surface area contributed by atoms with Gasteiger partial charge in [0.1, 0.15) is 22.7 Å². The molecule has 2 heterocycles. The zero-order valence-corrected chi connectivity index (χ0v) is 33.6. The summed E-state index contributed by atoms with van der Waals surface area (Å²) in [5.41, 5.74) is 13.9. The highest BCUT2D eigenvalue weighted by atomic mass is 16.5. The molecule has 284 valence electrons. The molecule has 0 N–H and O–H groups in total. The van der Waals surface area contributed by atoms with Crippen LogP contribution in [-0.2, 0) is 16.2 Å². The summed E-state index contributed by atoms with van der Waals surface area (Å²) in [5, 5.41) is 2.29. The van der Waals surface area contributed by atoms with Gasteiger partial charge in [-0.05, 0) is 168 Å². The van der Waals surface area contributed by atoms with E-state index in [1.165, 1.54) is 84.0 Å². The average molecular weight is 746 g/mol. The highest BCUT2D eigenvalue weighted by Crippen LogP contribution is 2.69. The van der Waals surface area contributed by atoms with Gasteiger partial charge >= 0.3 is 0 Å². The van der Waals surface area contributed by atoms with E-state index >= 15 is 0 Å². The van der Waals surface area contributed by atoms with Crippen LogP contribution in [0.2, 0.25) is 0 Å². The predicted molar refractivity (Wildman–Crippen MR) is 233 cm³/mol. The van der Waals surface area contributed by atoms with Crippen molar-refractivity contribution in [2.24, 2.45) is 23.7 Å². The first-order valence-corrected chi connectivity index (χ1v) is 21.5. The summed E-state index contributed by atoms with van der Waals surface area (Å²) in [6, 6.07) is 47.7. The minimum atomic E-state index is 0.0367. The predicted octanol–water partition coefficient (Wildman–Crippen LogP) is 14.9. The van der Waals surface area contributed by atoms with Crippen molar-refractivity contribution in [3.8, 4) is 22.6 Å². The Hall–Kier alpha value is -5.28. The molecule has 1 aliphatic heterocycles. The first-order valence-electron chi connectivity index (χ1n) is 21.5. The zero-order chi connectivity index (χ0) is 38.3. The monoisotopic (exact) mass is 745 g/mol. The van der Waals surface area contributed by atoms with Crippen LogP contribution in [0.3, 0.4) is 0 Å². The largest absolute Gasteiger partial charge is 0.457 e. The Kier molecular flexibility index (Phi) is 7.05. The van der Waals surface area contributed by atoms with Crippen molar-refractivity contribution in [1.29, 1.82) is 0 Å². The van der Waals surface area contributed by atoms with Crippen molar-refractivity contribution >= 4 is 39.0 Å². The first kappa shape index (κ1) is 33.8. The molecule has 13 rings (SSSR count). The minimum Gasteiger partial charge on any atom is -0.457 e. The van der Waals surface area contributed by atoms with Gasteiger partial charge in [0.15, 0.2) is 0 Å². The molecule has 4 bridgehead atoms. The Bertz CT molecular complexity index is 2720. The summed E-state index contributed by atoms with van der Waals surface area (Å²) in [5.74, 6) is 5.30. The second kappa shape index (κ2) is 11.9. The van der Waals surface area contributed by atoms with Crippen molar-refractivity contribution in [2.45, 2.75) is 88.9 Å². The van der Waals surface area contributed by atoms with Crippen LogP contribution in [0.15, 0.2) is 132 Å². The number of para-hydroxylation sites is 2. The molecule has 1 spiro atoms. The van der Waals surface area contributed by atoms with Gasteiger partial charge in [-0.15, -0.1) is 0 Å². The molecule has 7 aromatic rings. The van der Waals surface area contributed by atoms with E-state index in [-0.39, 0.29) is 16.2 Å². The summed E-state index contributed by atoms with van der Waals surface area (Å²) in [4.78, 5) is 2.45. The lowest BCUT2D eigenvalue weighted by Gasteiger charge is -2.63. The third-order valence-electron chi connectivity index (χ3n) is 15.6. The van der Waals surface area contributed by atoms with E-state index in [1.807, 2.05) is 6.07 Å². The normalized spacial score (nSPS) is 25.9. The summed E-state index contributed by atoms with van der Waals surface area (Å²) in [6.45, 7) is 9.66. The Balaban J connectivity index is 0.981. The Labute approximate surface area is 336 Å². The fourth-order valence-corrected chi connectivity index (χ4v) is 12.9. The quantitative estimate of drug-likeness (QED) is 0.179. The van der Waals surface area contributed by atoms with Crippen LogP contribution in [0.1, 0.15) is 94.9 Å². The molecule has 5 aliphatic carbocycles. The van der Waals surface area contributed by atoms with Crippen LogP contribution in [-0.4, -0.2) is 0 Å². The second-order valence-corrected chi connectivity index (χ2v) is 19.6. The molecule has 0 amide bonds. The van der Waals surface area contributed by atoms with E-state index in [4.69, 9.17) is 9.15 Å². The van der Waals surface area contributed by atoms with Crippen molar-refractivity contribution in [1.82, 2.24) is 0 Å². The summed E-state index contributed by atoms with van der Waals surface area (Å²) in [7, 11) is 0. The summed E-state index contributed by atoms with van der Waals surface area (Å²) < 4.78 is 13.0. The third-order valence-corrected chi connectivity index (χ3v) is 15.6.